The molecule has 33 heavy (non-hydrogen) atoms. The van der Waals surface area contributed by atoms with Crippen molar-refractivity contribution in [2.45, 2.75) is 25.4 Å². The van der Waals surface area contributed by atoms with Crippen molar-refractivity contribution < 1.29 is 13.6 Å². The third-order valence-corrected chi connectivity index (χ3v) is 6.95. The van der Waals surface area contributed by atoms with Crippen molar-refractivity contribution in [1.29, 1.82) is 0 Å². The molecule has 3 aromatic heterocycles. The molecule has 10 heteroatoms. The highest BCUT2D eigenvalue weighted by Crippen LogP contribution is 2.31. The van der Waals surface area contributed by atoms with Gasteiger partial charge in [-0.1, -0.05) is 11.6 Å². The van der Waals surface area contributed by atoms with Gasteiger partial charge in [0.15, 0.2) is 0 Å². The number of piperidine rings is 1. The van der Waals surface area contributed by atoms with E-state index in [4.69, 9.17) is 16.0 Å². The molecule has 1 aromatic carbocycles. The molecule has 7 nitrogen and oxygen atoms in total. The van der Waals surface area contributed by atoms with Crippen LogP contribution >= 0.6 is 22.9 Å². The number of carbonyl (C=O) groups excluding carboxylic acids is 1. The van der Waals surface area contributed by atoms with Gasteiger partial charge in [0.2, 0.25) is 0 Å². The summed E-state index contributed by atoms with van der Waals surface area (Å²) in [5, 5.41) is 7.03. The zero-order valence-electron chi connectivity index (χ0n) is 17.6. The van der Waals surface area contributed by atoms with Crippen LogP contribution in [0.1, 0.15) is 28.3 Å². The third kappa shape index (κ3) is 5.00. The monoisotopic (exact) mass is 485 g/mol. The molecule has 4 heterocycles. The number of nitrogens with one attached hydrogen (secondary N) is 2. The van der Waals surface area contributed by atoms with Crippen LogP contribution in [0.3, 0.4) is 0 Å². The first-order valence-electron chi connectivity index (χ1n) is 10.6. The van der Waals surface area contributed by atoms with Crippen LogP contribution in [-0.4, -0.2) is 39.9 Å². The average molecular weight is 486 g/mol. The Morgan fingerprint density at radius 1 is 1.24 bits per heavy atom. The molecular formula is C23H21ClFN5O2S. The highest BCUT2D eigenvalue weighted by molar-refractivity contribution is 7.20. The Morgan fingerprint density at radius 2 is 2.09 bits per heavy atom. The van der Waals surface area contributed by atoms with Gasteiger partial charge in [0.25, 0.3) is 5.91 Å². The van der Waals surface area contributed by atoms with Crippen molar-refractivity contribution in [2.24, 2.45) is 0 Å². The molecule has 1 amide bonds. The fourth-order valence-electron chi connectivity index (χ4n) is 3.89. The first-order valence-corrected chi connectivity index (χ1v) is 11.8. The molecule has 0 unspecified atom stereocenters. The van der Waals surface area contributed by atoms with Crippen LogP contribution in [-0.2, 0) is 6.54 Å². The quantitative estimate of drug-likeness (QED) is 0.390. The van der Waals surface area contributed by atoms with Gasteiger partial charge in [-0.2, -0.15) is 0 Å². The van der Waals surface area contributed by atoms with Gasteiger partial charge in [-0.15, -0.1) is 11.3 Å². The van der Waals surface area contributed by atoms with Crippen molar-refractivity contribution in [3.63, 3.8) is 0 Å². The minimum Gasteiger partial charge on any atom is -0.468 e. The van der Waals surface area contributed by atoms with Crippen molar-refractivity contribution in [2.75, 3.05) is 18.4 Å². The Kier molecular flexibility index (Phi) is 6.26. The topological polar surface area (TPSA) is 83.3 Å². The lowest BCUT2D eigenvalue weighted by Gasteiger charge is -2.31. The molecule has 0 saturated carbocycles. The Bertz CT molecular complexity index is 1270. The lowest BCUT2D eigenvalue weighted by molar-refractivity contribution is 0.0910. The van der Waals surface area contributed by atoms with Crippen molar-refractivity contribution in [3.8, 4) is 0 Å². The van der Waals surface area contributed by atoms with Crippen molar-refractivity contribution in [1.82, 2.24) is 20.2 Å². The summed E-state index contributed by atoms with van der Waals surface area (Å²) in [6, 6.07) is 10.1. The summed E-state index contributed by atoms with van der Waals surface area (Å²) in [7, 11) is 0. The molecule has 1 fully saturated rings. The SMILES string of the molecule is O=C(NC1CCN(Cc2ccco2)CC1)c1cc2c(Nc3ccc(F)c(Cl)c3)ncnc2s1. The van der Waals surface area contributed by atoms with E-state index in [2.05, 4.69) is 25.5 Å². The standard InChI is InChI=1S/C23H21ClFN5O2S/c24-18-10-15(3-4-19(18)25)28-21-17-11-20(33-23(17)27-13-26-21)22(31)29-14-5-7-30(8-6-14)12-16-2-1-9-32-16/h1-4,9-11,13-14H,5-8,12H2,(H,29,31)(H,26,27,28). The number of benzene rings is 1. The van der Waals surface area contributed by atoms with Crippen LogP contribution in [0.2, 0.25) is 5.02 Å². The van der Waals surface area contributed by atoms with Crippen LogP contribution in [0.5, 0.6) is 0 Å². The maximum Gasteiger partial charge on any atom is 0.261 e. The summed E-state index contributed by atoms with van der Waals surface area (Å²) >= 11 is 7.19. The number of fused-ring (bicyclic) bond motifs is 1. The second kappa shape index (κ2) is 9.46. The fourth-order valence-corrected chi connectivity index (χ4v) is 4.98. The molecular weight excluding hydrogens is 465 g/mol. The van der Waals surface area contributed by atoms with E-state index in [-0.39, 0.29) is 17.0 Å². The number of halogens is 2. The fraction of sp³-hybridized carbons (Fsp3) is 0.261. The summed E-state index contributed by atoms with van der Waals surface area (Å²) in [6.07, 6.45) is 4.89. The molecule has 0 bridgehead atoms. The number of hydrogen-bond acceptors (Lipinski definition) is 7. The minimum absolute atomic E-state index is 0.0193. The molecule has 2 N–H and O–H groups in total. The molecule has 5 rings (SSSR count). The Hall–Kier alpha value is -3.01. The van der Waals surface area contributed by atoms with Crippen molar-refractivity contribution in [3.05, 3.63) is 70.5 Å². The predicted octanol–water partition coefficient (Wildman–Crippen LogP) is 5.21. The molecule has 0 spiro atoms. The highest BCUT2D eigenvalue weighted by atomic mass is 35.5. The zero-order valence-corrected chi connectivity index (χ0v) is 19.1. The molecule has 4 aromatic rings. The summed E-state index contributed by atoms with van der Waals surface area (Å²) in [4.78, 5) is 25.1. The van der Waals surface area contributed by atoms with E-state index >= 15 is 0 Å². The lowest BCUT2D eigenvalue weighted by atomic mass is 10.0. The molecule has 0 aliphatic carbocycles. The summed E-state index contributed by atoms with van der Waals surface area (Å²) in [5.41, 5.74) is 0.597. The number of carbonyl (C=O) groups is 1. The first kappa shape index (κ1) is 21.8. The molecule has 1 aliphatic heterocycles. The van der Waals surface area contributed by atoms with Crippen LogP contribution in [0.25, 0.3) is 10.2 Å². The van der Waals surface area contributed by atoms with E-state index in [0.29, 0.717) is 21.2 Å². The largest absolute Gasteiger partial charge is 0.468 e. The first-order chi connectivity index (χ1) is 16.0. The number of thiophene rings is 1. The van der Waals surface area contributed by atoms with E-state index in [1.54, 1.807) is 18.4 Å². The van der Waals surface area contributed by atoms with E-state index < -0.39 is 5.82 Å². The van der Waals surface area contributed by atoms with Gasteiger partial charge in [-0.05, 0) is 49.2 Å². The van der Waals surface area contributed by atoms with Crippen LogP contribution in [0.15, 0.2) is 53.4 Å². The average Bonchev–Trinajstić information content (AvgIpc) is 3.48. The van der Waals surface area contributed by atoms with E-state index in [0.717, 1.165) is 43.6 Å². The molecule has 0 radical (unpaired) electrons. The van der Waals surface area contributed by atoms with Crippen LogP contribution in [0, 0.1) is 5.82 Å². The number of furan rings is 1. The lowest BCUT2D eigenvalue weighted by Crippen LogP contribution is -2.44. The molecule has 1 saturated heterocycles. The minimum atomic E-state index is -0.489. The second-order valence-electron chi connectivity index (χ2n) is 7.91. The number of likely N-dealkylation sites (tertiary alicyclic amines) is 1. The highest BCUT2D eigenvalue weighted by Gasteiger charge is 2.23. The van der Waals surface area contributed by atoms with Gasteiger partial charge in [-0.3, -0.25) is 9.69 Å². The predicted molar refractivity (Wildman–Crippen MR) is 127 cm³/mol. The molecule has 0 atom stereocenters. The van der Waals surface area contributed by atoms with Gasteiger partial charge in [0.05, 0.1) is 28.1 Å². The zero-order chi connectivity index (χ0) is 22.8. The number of rotatable bonds is 6. The van der Waals surface area contributed by atoms with E-state index in [1.807, 2.05) is 12.1 Å². The van der Waals surface area contributed by atoms with Gasteiger partial charge < -0.3 is 15.1 Å². The number of aromatic nitrogens is 2. The Labute approximate surface area is 198 Å². The van der Waals surface area contributed by atoms with Gasteiger partial charge in [0.1, 0.15) is 28.6 Å². The Morgan fingerprint density at radius 3 is 2.85 bits per heavy atom. The summed E-state index contributed by atoms with van der Waals surface area (Å²) < 4.78 is 18.9. The number of amides is 1. The summed E-state index contributed by atoms with van der Waals surface area (Å²) in [6.45, 7) is 2.59. The second-order valence-corrected chi connectivity index (χ2v) is 9.35. The number of hydrogen-bond donors (Lipinski definition) is 2. The van der Waals surface area contributed by atoms with E-state index in [1.165, 1.54) is 29.8 Å². The van der Waals surface area contributed by atoms with Gasteiger partial charge in [-0.25, -0.2) is 14.4 Å². The van der Waals surface area contributed by atoms with E-state index in [9.17, 15) is 9.18 Å². The normalized spacial score (nSPS) is 15.1. The van der Waals surface area contributed by atoms with Crippen molar-refractivity contribution >= 4 is 50.6 Å². The summed E-state index contributed by atoms with van der Waals surface area (Å²) in [5.74, 6) is 0.884. The molecule has 1 aliphatic rings. The van der Waals surface area contributed by atoms with Gasteiger partial charge >= 0.3 is 0 Å². The maximum atomic E-state index is 13.4. The van der Waals surface area contributed by atoms with Crippen LogP contribution < -0.4 is 10.6 Å². The number of anilines is 2. The molecule has 170 valence electrons. The van der Waals surface area contributed by atoms with Gasteiger partial charge in [0, 0.05) is 24.8 Å². The maximum absolute atomic E-state index is 13.4. The Balaban J connectivity index is 1.24. The third-order valence-electron chi connectivity index (χ3n) is 5.62. The smallest absolute Gasteiger partial charge is 0.261 e. The van der Waals surface area contributed by atoms with Crippen LogP contribution in [0.4, 0.5) is 15.9 Å². The number of nitrogens with zero attached hydrogens (tertiary/aromatic N) is 3.